The Morgan fingerprint density at radius 3 is 2.73 bits per heavy atom. The first-order valence-corrected chi connectivity index (χ1v) is 10.9. The van der Waals surface area contributed by atoms with Crippen molar-refractivity contribution in [1.29, 1.82) is 0 Å². The zero-order valence-corrected chi connectivity index (χ0v) is 18.1. The minimum Gasteiger partial charge on any atom is -0.465 e. The van der Waals surface area contributed by atoms with Gasteiger partial charge in [-0.15, -0.1) is 11.3 Å². The zero-order valence-electron chi connectivity index (χ0n) is 17.3. The molecule has 3 heterocycles. The first-order valence-electron chi connectivity index (χ1n) is 9.99. The van der Waals surface area contributed by atoms with Crippen LogP contribution in [-0.2, 0) is 19.1 Å². The molecule has 0 aromatic carbocycles. The Morgan fingerprint density at radius 2 is 2.07 bits per heavy atom. The summed E-state index contributed by atoms with van der Waals surface area (Å²) in [5.41, 5.74) is 2.59. The van der Waals surface area contributed by atoms with Crippen molar-refractivity contribution >= 4 is 23.1 Å². The number of esters is 1. The highest BCUT2D eigenvalue weighted by molar-refractivity contribution is 7.10. The predicted molar refractivity (Wildman–Crippen MR) is 113 cm³/mol. The molecule has 6 nitrogen and oxygen atoms in total. The molecule has 0 amide bonds. The Kier molecular flexibility index (Phi) is 5.92. The summed E-state index contributed by atoms with van der Waals surface area (Å²) in [6.07, 6.45) is 1.14. The molecule has 1 aliphatic carbocycles. The lowest BCUT2D eigenvalue weighted by Gasteiger charge is -2.35. The number of carbonyl (C=O) groups is 2. The van der Waals surface area contributed by atoms with Gasteiger partial charge in [0.15, 0.2) is 5.78 Å². The normalized spacial score (nSPS) is 21.5. The van der Waals surface area contributed by atoms with Gasteiger partial charge in [-0.3, -0.25) is 4.79 Å². The lowest BCUT2D eigenvalue weighted by Crippen LogP contribution is -2.36. The van der Waals surface area contributed by atoms with Crippen molar-refractivity contribution in [2.45, 2.75) is 38.5 Å². The van der Waals surface area contributed by atoms with E-state index in [1.54, 1.807) is 18.4 Å². The van der Waals surface area contributed by atoms with Crippen LogP contribution in [0.3, 0.4) is 0 Å². The summed E-state index contributed by atoms with van der Waals surface area (Å²) in [6, 6.07) is 7.77. The van der Waals surface area contributed by atoms with Gasteiger partial charge in [-0.05, 0) is 43.8 Å². The number of thiophene rings is 1. The summed E-state index contributed by atoms with van der Waals surface area (Å²) < 4.78 is 16.3. The zero-order chi connectivity index (χ0) is 21.3. The van der Waals surface area contributed by atoms with Crippen molar-refractivity contribution < 1.29 is 23.5 Å². The number of carbonyl (C=O) groups excluding carboxylic acids is 2. The second-order valence-electron chi connectivity index (χ2n) is 7.61. The van der Waals surface area contributed by atoms with Gasteiger partial charge in [-0.2, -0.15) is 0 Å². The van der Waals surface area contributed by atoms with Crippen LogP contribution < -0.4 is 5.32 Å². The van der Waals surface area contributed by atoms with Gasteiger partial charge < -0.3 is 19.2 Å². The molecular weight excluding hydrogens is 402 g/mol. The molecule has 30 heavy (non-hydrogen) atoms. The number of allylic oxidation sites excluding steroid dienone is 3. The van der Waals surface area contributed by atoms with Crippen molar-refractivity contribution in [2.24, 2.45) is 0 Å². The third-order valence-electron chi connectivity index (χ3n) is 5.56. The first-order chi connectivity index (χ1) is 14.5. The number of nitrogens with one attached hydrogen (secondary N) is 1. The molecule has 0 saturated carbocycles. The lowest BCUT2D eigenvalue weighted by molar-refractivity contribution is -0.140. The fourth-order valence-electron chi connectivity index (χ4n) is 4.22. The van der Waals surface area contributed by atoms with Gasteiger partial charge in [0.05, 0.1) is 18.1 Å². The van der Waals surface area contributed by atoms with Gasteiger partial charge in [-0.25, -0.2) is 4.79 Å². The quantitative estimate of drug-likeness (QED) is 0.550. The highest BCUT2D eigenvalue weighted by Crippen LogP contribution is 2.46. The van der Waals surface area contributed by atoms with Crippen molar-refractivity contribution in [3.8, 4) is 0 Å². The minimum atomic E-state index is -0.568. The summed E-state index contributed by atoms with van der Waals surface area (Å²) in [4.78, 5) is 27.5. The summed E-state index contributed by atoms with van der Waals surface area (Å²) in [5, 5.41) is 5.37. The molecule has 2 aromatic rings. The molecule has 2 unspecified atom stereocenters. The number of ketones is 1. The first kappa shape index (κ1) is 20.6. The molecule has 1 N–H and O–H groups in total. The van der Waals surface area contributed by atoms with E-state index >= 15 is 0 Å². The molecule has 0 spiro atoms. The second kappa shape index (κ2) is 8.62. The fraction of sp³-hybridized carbons (Fsp3) is 0.391. The van der Waals surface area contributed by atoms with Crippen molar-refractivity contribution in [2.75, 3.05) is 20.3 Å². The van der Waals surface area contributed by atoms with Gasteiger partial charge in [-0.1, -0.05) is 6.07 Å². The van der Waals surface area contributed by atoms with Crippen LogP contribution in [0.5, 0.6) is 0 Å². The van der Waals surface area contributed by atoms with E-state index in [9.17, 15) is 9.59 Å². The predicted octanol–water partition coefficient (Wildman–Crippen LogP) is 4.20. The summed E-state index contributed by atoms with van der Waals surface area (Å²) >= 11 is 1.67. The number of hydrogen-bond acceptors (Lipinski definition) is 7. The van der Waals surface area contributed by atoms with E-state index in [0.717, 1.165) is 17.9 Å². The molecule has 2 aromatic heterocycles. The number of dihydropyridines is 1. The fourth-order valence-corrected chi connectivity index (χ4v) is 5.05. The maximum atomic E-state index is 13.3. The standard InChI is InChI=1S/C23H25NO5S/c1-13-6-7-18(29-13)22-20(23(26)28-9-8-27-3)14(2)24-16-11-15(12-17(25)21(16)22)19-5-4-10-30-19/h4-7,10,15,22,24H,8-9,11-12H2,1-3H3. The van der Waals surface area contributed by atoms with Gasteiger partial charge in [0.25, 0.3) is 0 Å². The van der Waals surface area contributed by atoms with Crippen LogP contribution in [-0.4, -0.2) is 32.1 Å². The highest BCUT2D eigenvalue weighted by atomic mass is 32.1. The number of furan rings is 1. The number of rotatable bonds is 6. The monoisotopic (exact) mass is 427 g/mol. The van der Waals surface area contributed by atoms with Crippen LogP contribution in [0.25, 0.3) is 0 Å². The molecule has 2 atom stereocenters. The Hall–Kier alpha value is -2.64. The van der Waals surface area contributed by atoms with E-state index in [1.165, 1.54) is 4.88 Å². The Bertz CT molecular complexity index is 1010. The van der Waals surface area contributed by atoms with Crippen molar-refractivity contribution in [3.05, 3.63) is 68.6 Å². The molecule has 1 aliphatic heterocycles. The van der Waals surface area contributed by atoms with Crippen molar-refractivity contribution in [1.82, 2.24) is 5.32 Å². The third-order valence-corrected chi connectivity index (χ3v) is 6.59. The molecule has 2 aliphatic rings. The average molecular weight is 428 g/mol. The Labute approximate surface area is 179 Å². The molecule has 0 radical (unpaired) electrons. The largest absolute Gasteiger partial charge is 0.465 e. The number of aryl methyl sites for hydroxylation is 1. The van der Waals surface area contributed by atoms with Crippen LogP contribution in [0, 0.1) is 6.92 Å². The number of methoxy groups -OCH3 is 1. The molecular formula is C23H25NO5S. The molecule has 0 fully saturated rings. The Morgan fingerprint density at radius 1 is 1.23 bits per heavy atom. The van der Waals surface area contributed by atoms with Crippen LogP contribution in [0.4, 0.5) is 0 Å². The second-order valence-corrected chi connectivity index (χ2v) is 8.59. The van der Waals surface area contributed by atoms with E-state index in [1.807, 2.05) is 37.4 Å². The van der Waals surface area contributed by atoms with E-state index in [-0.39, 0.29) is 18.3 Å². The molecule has 7 heteroatoms. The number of ether oxygens (including phenoxy) is 2. The smallest absolute Gasteiger partial charge is 0.336 e. The summed E-state index contributed by atoms with van der Waals surface area (Å²) in [7, 11) is 1.55. The number of hydrogen-bond donors (Lipinski definition) is 1. The van der Waals surface area contributed by atoms with Crippen LogP contribution >= 0.6 is 11.3 Å². The summed E-state index contributed by atoms with van der Waals surface area (Å²) in [5.74, 6) is 0.469. The molecule has 0 bridgehead atoms. The third kappa shape index (κ3) is 3.87. The van der Waals surface area contributed by atoms with Gasteiger partial charge in [0.1, 0.15) is 18.1 Å². The molecule has 158 valence electrons. The lowest BCUT2D eigenvalue weighted by atomic mass is 9.74. The van der Waals surface area contributed by atoms with Gasteiger partial charge >= 0.3 is 5.97 Å². The van der Waals surface area contributed by atoms with E-state index in [4.69, 9.17) is 13.9 Å². The minimum absolute atomic E-state index is 0.0379. The van der Waals surface area contributed by atoms with Crippen LogP contribution in [0.1, 0.15) is 48.0 Å². The van der Waals surface area contributed by atoms with Gasteiger partial charge in [0.2, 0.25) is 0 Å². The van der Waals surface area contributed by atoms with E-state index < -0.39 is 11.9 Å². The van der Waals surface area contributed by atoms with Crippen LogP contribution in [0.15, 0.2) is 56.6 Å². The van der Waals surface area contributed by atoms with Crippen LogP contribution in [0.2, 0.25) is 0 Å². The number of Topliss-reactive ketones (excluding diaryl/α,β-unsaturated/α-hetero) is 1. The SMILES string of the molecule is COCCOC(=O)C1=C(C)NC2=C(C(=O)CC(c3cccs3)C2)C1c1ccc(C)o1. The van der Waals surface area contributed by atoms with E-state index in [2.05, 4.69) is 11.4 Å². The molecule has 4 rings (SSSR count). The molecule has 0 saturated heterocycles. The maximum absolute atomic E-state index is 13.3. The van der Waals surface area contributed by atoms with Crippen molar-refractivity contribution in [3.63, 3.8) is 0 Å². The average Bonchev–Trinajstić information content (AvgIpc) is 3.38. The van der Waals surface area contributed by atoms with E-state index in [0.29, 0.717) is 35.6 Å². The topological polar surface area (TPSA) is 77.8 Å². The highest BCUT2D eigenvalue weighted by Gasteiger charge is 2.42. The summed E-state index contributed by atoms with van der Waals surface area (Å²) in [6.45, 7) is 4.16. The maximum Gasteiger partial charge on any atom is 0.336 e. The van der Waals surface area contributed by atoms with Gasteiger partial charge in [0, 0.05) is 41.3 Å². The Balaban J connectivity index is 1.73.